The molecule has 1 aliphatic rings. The molecule has 2 heterocycles. The van der Waals surface area contributed by atoms with Crippen LogP contribution in [0.2, 0.25) is 0 Å². The molecule has 1 aliphatic heterocycles. The number of nitro groups is 1. The Hall–Kier alpha value is -2.35. The number of hydrogen-bond donors (Lipinski definition) is 2. The number of aromatic amines is 1. The summed E-state index contributed by atoms with van der Waals surface area (Å²) >= 11 is 1.85. The monoisotopic (exact) mass is 333 g/mol. The number of rotatable bonds is 3. The molecule has 2 aromatic rings. The van der Waals surface area contributed by atoms with Gasteiger partial charge >= 0.3 is 0 Å². The molecule has 0 aliphatic carbocycles. The van der Waals surface area contributed by atoms with Crippen LogP contribution in [-0.2, 0) is 0 Å². The van der Waals surface area contributed by atoms with E-state index in [4.69, 9.17) is 0 Å². The lowest BCUT2D eigenvalue weighted by molar-refractivity contribution is -0.384. The Bertz CT molecular complexity index is 827. The summed E-state index contributed by atoms with van der Waals surface area (Å²) in [5.74, 6) is 1.62. The van der Waals surface area contributed by atoms with E-state index in [-0.39, 0.29) is 23.2 Å². The molecular weight excluding hydrogens is 318 g/mol. The minimum atomic E-state index is -0.523. The SMILES string of the molecule is O=C(NC1CCSCC1)c1cc(=O)[nH]c2ccc([N+](=O)[O-])cc12. The summed E-state index contributed by atoms with van der Waals surface area (Å²) in [6.07, 6.45) is 1.77. The molecule has 0 bridgehead atoms. The van der Waals surface area contributed by atoms with Gasteiger partial charge in [-0.05, 0) is 30.4 Å². The van der Waals surface area contributed by atoms with Gasteiger partial charge < -0.3 is 10.3 Å². The fraction of sp³-hybridized carbons (Fsp3) is 0.333. The number of thioether (sulfide) groups is 1. The lowest BCUT2D eigenvalue weighted by Gasteiger charge is -2.22. The average Bonchev–Trinajstić information content (AvgIpc) is 2.54. The Labute approximate surface area is 135 Å². The summed E-state index contributed by atoms with van der Waals surface area (Å²) in [6, 6.07) is 5.34. The third-order valence-corrected chi connectivity index (χ3v) is 4.89. The molecule has 0 radical (unpaired) electrons. The topological polar surface area (TPSA) is 105 Å². The number of benzene rings is 1. The van der Waals surface area contributed by atoms with Crippen molar-refractivity contribution in [1.29, 1.82) is 0 Å². The zero-order chi connectivity index (χ0) is 16.4. The van der Waals surface area contributed by atoms with Crippen molar-refractivity contribution in [2.45, 2.75) is 18.9 Å². The number of H-pyrrole nitrogens is 1. The lowest BCUT2D eigenvalue weighted by Crippen LogP contribution is -2.37. The van der Waals surface area contributed by atoms with Gasteiger partial charge in [-0.25, -0.2) is 0 Å². The van der Waals surface area contributed by atoms with Crippen molar-refractivity contribution in [3.63, 3.8) is 0 Å². The molecule has 8 heteroatoms. The maximum Gasteiger partial charge on any atom is 0.270 e. The molecule has 120 valence electrons. The van der Waals surface area contributed by atoms with Gasteiger partial charge in [-0.15, -0.1) is 0 Å². The summed E-state index contributed by atoms with van der Waals surface area (Å²) in [7, 11) is 0. The van der Waals surface area contributed by atoms with Crippen molar-refractivity contribution < 1.29 is 9.72 Å². The first-order valence-corrected chi connectivity index (χ1v) is 8.40. The summed E-state index contributed by atoms with van der Waals surface area (Å²) in [6.45, 7) is 0. The van der Waals surface area contributed by atoms with Crippen LogP contribution in [0, 0.1) is 10.1 Å². The van der Waals surface area contributed by atoms with Gasteiger partial charge in [0.2, 0.25) is 5.56 Å². The number of non-ortho nitro benzene ring substituents is 1. The van der Waals surface area contributed by atoms with Crippen molar-refractivity contribution in [2.24, 2.45) is 0 Å². The highest BCUT2D eigenvalue weighted by molar-refractivity contribution is 7.99. The van der Waals surface area contributed by atoms with E-state index in [0.717, 1.165) is 24.3 Å². The molecule has 1 fully saturated rings. The average molecular weight is 333 g/mol. The van der Waals surface area contributed by atoms with Gasteiger partial charge in [-0.3, -0.25) is 19.7 Å². The molecule has 1 amide bonds. The number of hydrogen-bond acceptors (Lipinski definition) is 5. The number of pyridine rings is 1. The summed E-state index contributed by atoms with van der Waals surface area (Å²) in [5.41, 5.74) is 0.0569. The Morgan fingerprint density at radius 3 is 2.74 bits per heavy atom. The maximum atomic E-state index is 12.5. The Balaban J connectivity index is 2.00. The highest BCUT2D eigenvalue weighted by Crippen LogP contribution is 2.22. The van der Waals surface area contributed by atoms with Crippen LogP contribution in [0.1, 0.15) is 23.2 Å². The molecule has 0 saturated carbocycles. The van der Waals surface area contributed by atoms with Gasteiger partial charge in [-0.2, -0.15) is 11.8 Å². The van der Waals surface area contributed by atoms with E-state index in [1.807, 2.05) is 11.8 Å². The summed E-state index contributed by atoms with van der Waals surface area (Å²) in [4.78, 5) is 37.3. The number of fused-ring (bicyclic) bond motifs is 1. The molecule has 2 N–H and O–H groups in total. The van der Waals surface area contributed by atoms with E-state index in [9.17, 15) is 19.7 Å². The molecule has 3 rings (SSSR count). The van der Waals surface area contributed by atoms with Crippen molar-refractivity contribution >= 4 is 34.3 Å². The third-order valence-electron chi connectivity index (χ3n) is 3.84. The van der Waals surface area contributed by atoms with E-state index >= 15 is 0 Å². The Morgan fingerprint density at radius 1 is 1.30 bits per heavy atom. The second-order valence-corrected chi connectivity index (χ2v) is 6.62. The molecule has 1 aromatic carbocycles. The van der Waals surface area contributed by atoms with Crippen LogP contribution >= 0.6 is 11.8 Å². The summed E-state index contributed by atoms with van der Waals surface area (Å²) < 4.78 is 0. The third kappa shape index (κ3) is 3.37. The van der Waals surface area contributed by atoms with E-state index in [2.05, 4.69) is 10.3 Å². The van der Waals surface area contributed by atoms with E-state index in [1.165, 1.54) is 24.3 Å². The van der Waals surface area contributed by atoms with Crippen LogP contribution in [0.5, 0.6) is 0 Å². The first kappa shape index (κ1) is 15.5. The van der Waals surface area contributed by atoms with E-state index in [1.54, 1.807) is 0 Å². The van der Waals surface area contributed by atoms with Crippen LogP contribution < -0.4 is 10.9 Å². The van der Waals surface area contributed by atoms with Gasteiger partial charge in [0.1, 0.15) is 0 Å². The molecule has 0 atom stereocenters. The lowest BCUT2D eigenvalue weighted by atomic mass is 10.1. The molecule has 7 nitrogen and oxygen atoms in total. The zero-order valence-electron chi connectivity index (χ0n) is 12.2. The molecule has 0 spiro atoms. The Morgan fingerprint density at radius 2 is 2.04 bits per heavy atom. The molecular formula is C15H15N3O4S. The standard InChI is InChI=1S/C15H15N3O4S/c19-14-8-12(15(20)16-9-3-5-23-6-4-9)11-7-10(18(21)22)1-2-13(11)17-14/h1-2,7-9H,3-6H2,(H,16,20)(H,17,19). The fourth-order valence-corrected chi connectivity index (χ4v) is 3.75. The fourth-order valence-electron chi connectivity index (χ4n) is 2.65. The van der Waals surface area contributed by atoms with Crippen molar-refractivity contribution in [3.8, 4) is 0 Å². The van der Waals surface area contributed by atoms with E-state index < -0.39 is 10.5 Å². The van der Waals surface area contributed by atoms with Gasteiger partial charge in [-0.1, -0.05) is 0 Å². The first-order valence-electron chi connectivity index (χ1n) is 7.24. The number of nitro benzene ring substituents is 1. The Kier molecular flexibility index (Phi) is 4.33. The first-order chi connectivity index (χ1) is 11.0. The minimum absolute atomic E-state index is 0.0804. The largest absolute Gasteiger partial charge is 0.349 e. The second-order valence-electron chi connectivity index (χ2n) is 5.39. The highest BCUT2D eigenvalue weighted by Gasteiger charge is 2.20. The smallest absolute Gasteiger partial charge is 0.270 e. The molecule has 1 aromatic heterocycles. The molecule has 1 saturated heterocycles. The van der Waals surface area contributed by atoms with Crippen LogP contribution in [-0.4, -0.2) is 33.4 Å². The van der Waals surface area contributed by atoms with Crippen LogP contribution in [0.4, 0.5) is 5.69 Å². The number of carbonyl (C=O) groups is 1. The molecule has 23 heavy (non-hydrogen) atoms. The molecule has 0 unspecified atom stereocenters. The van der Waals surface area contributed by atoms with Crippen molar-refractivity contribution in [1.82, 2.24) is 10.3 Å². The predicted octanol–water partition coefficient (Wildman–Crippen LogP) is 2.06. The minimum Gasteiger partial charge on any atom is -0.349 e. The number of aromatic nitrogens is 1. The quantitative estimate of drug-likeness (QED) is 0.661. The van der Waals surface area contributed by atoms with Gasteiger partial charge in [0.15, 0.2) is 0 Å². The zero-order valence-corrected chi connectivity index (χ0v) is 13.0. The maximum absolute atomic E-state index is 12.5. The van der Waals surface area contributed by atoms with Crippen LogP contribution in [0.15, 0.2) is 29.1 Å². The van der Waals surface area contributed by atoms with E-state index in [0.29, 0.717) is 10.9 Å². The van der Waals surface area contributed by atoms with Crippen molar-refractivity contribution in [3.05, 3.63) is 50.3 Å². The number of amides is 1. The van der Waals surface area contributed by atoms with Crippen LogP contribution in [0.3, 0.4) is 0 Å². The summed E-state index contributed by atoms with van der Waals surface area (Å²) in [5, 5.41) is 14.2. The number of nitrogens with one attached hydrogen (secondary N) is 2. The van der Waals surface area contributed by atoms with Crippen LogP contribution in [0.25, 0.3) is 10.9 Å². The van der Waals surface area contributed by atoms with Crippen molar-refractivity contribution in [2.75, 3.05) is 11.5 Å². The number of carbonyl (C=O) groups excluding carboxylic acids is 1. The van der Waals surface area contributed by atoms with Gasteiger partial charge in [0.25, 0.3) is 11.6 Å². The highest BCUT2D eigenvalue weighted by atomic mass is 32.2. The second kappa shape index (κ2) is 6.41. The number of nitrogens with zero attached hydrogens (tertiary/aromatic N) is 1. The van der Waals surface area contributed by atoms with Gasteiger partial charge in [0, 0.05) is 35.1 Å². The van der Waals surface area contributed by atoms with Gasteiger partial charge in [0.05, 0.1) is 10.5 Å². The predicted molar refractivity (Wildman–Crippen MR) is 89.0 cm³/mol. The normalized spacial score (nSPS) is 15.5.